The minimum absolute atomic E-state index is 0.527. The number of rotatable bonds is 5. The first-order chi connectivity index (χ1) is 5.85. The number of hydrogen-bond acceptors (Lipinski definition) is 2. The van der Waals surface area contributed by atoms with Crippen LogP contribution in [0.2, 0.25) is 0 Å². The van der Waals surface area contributed by atoms with E-state index in [9.17, 15) is 0 Å². The van der Waals surface area contributed by atoms with Crippen LogP contribution in [0.15, 0.2) is 0 Å². The molecule has 0 N–H and O–H groups in total. The third-order valence-corrected chi connectivity index (χ3v) is 1.56. The maximum atomic E-state index is 8.49. The first-order valence-corrected chi connectivity index (χ1v) is 4.34. The minimum atomic E-state index is 0.527. The van der Waals surface area contributed by atoms with Crippen molar-refractivity contribution < 1.29 is 0 Å². The molecule has 2 nitrogen and oxygen atoms in total. The zero-order valence-electron chi connectivity index (χ0n) is 7.93. The van der Waals surface area contributed by atoms with E-state index < -0.39 is 0 Å². The van der Waals surface area contributed by atoms with Crippen molar-refractivity contribution >= 4 is 0 Å². The van der Waals surface area contributed by atoms with Gasteiger partial charge in [0.2, 0.25) is 0 Å². The van der Waals surface area contributed by atoms with E-state index in [0.717, 1.165) is 25.9 Å². The van der Waals surface area contributed by atoms with Gasteiger partial charge in [0, 0.05) is 13.0 Å². The van der Waals surface area contributed by atoms with Crippen LogP contribution < -0.4 is 0 Å². The van der Waals surface area contributed by atoms with Crippen molar-refractivity contribution in [2.24, 2.45) is 0 Å². The highest BCUT2D eigenvalue weighted by Crippen LogP contribution is 1.92. The molecule has 0 saturated carbocycles. The zero-order chi connectivity index (χ0) is 9.23. The Morgan fingerprint density at radius 3 is 2.58 bits per heavy atom. The summed E-state index contributed by atoms with van der Waals surface area (Å²) in [5.74, 6) is 5.84. The predicted molar refractivity (Wildman–Crippen MR) is 50.4 cm³/mol. The van der Waals surface area contributed by atoms with E-state index in [0.29, 0.717) is 6.54 Å². The highest BCUT2D eigenvalue weighted by molar-refractivity contribution is 4.95. The molecule has 0 spiro atoms. The molecule has 0 radical (unpaired) electrons. The molecule has 0 aliphatic rings. The molecule has 0 aromatic rings. The monoisotopic (exact) mass is 164 g/mol. The molecule has 0 aromatic carbocycles. The molecule has 0 aliphatic heterocycles. The summed E-state index contributed by atoms with van der Waals surface area (Å²) < 4.78 is 0. The van der Waals surface area contributed by atoms with E-state index in [-0.39, 0.29) is 0 Å². The van der Waals surface area contributed by atoms with Gasteiger partial charge in [-0.05, 0) is 19.9 Å². The van der Waals surface area contributed by atoms with Crippen molar-refractivity contribution in [3.63, 3.8) is 0 Å². The van der Waals surface area contributed by atoms with Crippen LogP contribution >= 0.6 is 0 Å². The van der Waals surface area contributed by atoms with Gasteiger partial charge in [0.1, 0.15) is 0 Å². The highest BCUT2D eigenvalue weighted by Gasteiger charge is 1.99. The number of hydrogen-bond donors (Lipinski definition) is 0. The van der Waals surface area contributed by atoms with Crippen LogP contribution in [0.4, 0.5) is 0 Å². The fraction of sp³-hybridized carbons (Fsp3) is 0.700. The first kappa shape index (κ1) is 11.0. The van der Waals surface area contributed by atoms with Crippen LogP contribution in [0, 0.1) is 23.2 Å². The van der Waals surface area contributed by atoms with Gasteiger partial charge in [-0.15, -0.1) is 11.8 Å². The van der Waals surface area contributed by atoms with E-state index in [2.05, 4.69) is 29.7 Å². The average molecular weight is 164 g/mol. The lowest BCUT2D eigenvalue weighted by Crippen LogP contribution is -2.25. The summed E-state index contributed by atoms with van der Waals surface area (Å²) in [4.78, 5) is 2.13. The van der Waals surface area contributed by atoms with E-state index in [4.69, 9.17) is 5.26 Å². The lowest BCUT2D eigenvalue weighted by atomic mass is 10.3. The van der Waals surface area contributed by atoms with Crippen LogP contribution in [-0.2, 0) is 0 Å². The molecular weight excluding hydrogens is 148 g/mol. The quantitative estimate of drug-likeness (QED) is 0.456. The molecule has 0 aromatic heterocycles. The van der Waals surface area contributed by atoms with Crippen LogP contribution in [-0.4, -0.2) is 24.5 Å². The lowest BCUT2D eigenvalue weighted by molar-refractivity contribution is 0.314. The van der Waals surface area contributed by atoms with Crippen molar-refractivity contribution in [2.75, 3.05) is 19.6 Å². The summed E-state index contributed by atoms with van der Waals surface area (Å²) >= 11 is 0. The molecule has 0 saturated heterocycles. The fourth-order valence-corrected chi connectivity index (χ4v) is 1.03. The fourth-order valence-electron chi connectivity index (χ4n) is 1.03. The van der Waals surface area contributed by atoms with Crippen molar-refractivity contribution in [3.8, 4) is 17.9 Å². The first-order valence-electron chi connectivity index (χ1n) is 4.34. The summed E-state index contributed by atoms with van der Waals surface area (Å²) in [5.41, 5.74) is 0. The van der Waals surface area contributed by atoms with Crippen molar-refractivity contribution in [2.45, 2.75) is 26.7 Å². The Labute approximate surface area is 75.2 Å². The van der Waals surface area contributed by atoms with Crippen molar-refractivity contribution in [1.29, 1.82) is 5.26 Å². The topological polar surface area (TPSA) is 27.0 Å². The van der Waals surface area contributed by atoms with Gasteiger partial charge >= 0.3 is 0 Å². The SMILES string of the molecule is CC#CCCN(CC#N)CCC. The Hall–Kier alpha value is -0.990. The second-order valence-corrected chi connectivity index (χ2v) is 2.61. The molecule has 0 amide bonds. The van der Waals surface area contributed by atoms with E-state index in [1.807, 2.05) is 6.92 Å². The largest absolute Gasteiger partial charge is 0.290 e. The molecule has 0 aliphatic carbocycles. The van der Waals surface area contributed by atoms with Gasteiger partial charge in [0.25, 0.3) is 0 Å². The standard InChI is InChI=1S/C10H16N2/c1-3-5-6-9-12(8-4-2)10-7-11/h4,6,8-10H2,1-2H3. The van der Waals surface area contributed by atoms with Gasteiger partial charge < -0.3 is 0 Å². The molecule has 0 fully saturated rings. The van der Waals surface area contributed by atoms with Crippen LogP contribution in [0.5, 0.6) is 0 Å². The summed E-state index contributed by atoms with van der Waals surface area (Å²) in [6.07, 6.45) is 1.97. The molecule has 0 rings (SSSR count). The maximum absolute atomic E-state index is 8.49. The summed E-state index contributed by atoms with van der Waals surface area (Å²) in [6.45, 7) is 6.41. The van der Waals surface area contributed by atoms with Gasteiger partial charge in [-0.2, -0.15) is 5.26 Å². The average Bonchev–Trinajstić information content (AvgIpc) is 2.06. The molecule has 0 unspecified atom stereocenters. The Balaban J connectivity index is 3.61. The number of nitriles is 1. The number of nitrogens with zero attached hydrogens (tertiary/aromatic N) is 2. The molecular formula is C10H16N2. The zero-order valence-corrected chi connectivity index (χ0v) is 7.93. The van der Waals surface area contributed by atoms with Crippen LogP contribution in [0.3, 0.4) is 0 Å². The molecule has 0 bridgehead atoms. The van der Waals surface area contributed by atoms with E-state index in [1.54, 1.807) is 0 Å². The van der Waals surface area contributed by atoms with Crippen molar-refractivity contribution in [1.82, 2.24) is 4.90 Å². The van der Waals surface area contributed by atoms with Gasteiger partial charge in [0.15, 0.2) is 0 Å². The molecule has 12 heavy (non-hydrogen) atoms. The Morgan fingerprint density at radius 2 is 2.08 bits per heavy atom. The summed E-state index contributed by atoms with van der Waals surface area (Å²) in [6, 6.07) is 2.16. The Morgan fingerprint density at radius 1 is 1.33 bits per heavy atom. The second-order valence-electron chi connectivity index (χ2n) is 2.61. The predicted octanol–water partition coefficient (Wildman–Crippen LogP) is 1.64. The molecule has 0 atom stereocenters. The summed E-state index contributed by atoms with van der Waals surface area (Å²) in [5, 5.41) is 8.49. The molecule has 0 heterocycles. The van der Waals surface area contributed by atoms with E-state index >= 15 is 0 Å². The summed E-state index contributed by atoms with van der Waals surface area (Å²) in [7, 11) is 0. The molecule has 2 heteroatoms. The van der Waals surface area contributed by atoms with Crippen LogP contribution in [0.25, 0.3) is 0 Å². The minimum Gasteiger partial charge on any atom is -0.290 e. The van der Waals surface area contributed by atoms with Crippen molar-refractivity contribution in [3.05, 3.63) is 0 Å². The third kappa shape index (κ3) is 5.77. The van der Waals surface area contributed by atoms with E-state index in [1.165, 1.54) is 0 Å². The maximum Gasteiger partial charge on any atom is 0.0866 e. The second kappa shape index (κ2) is 8.11. The lowest BCUT2D eigenvalue weighted by Gasteiger charge is -2.15. The van der Waals surface area contributed by atoms with Gasteiger partial charge in [-0.1, -0.05) is 6.92 Å². The Kier molecular flexibility index (Phi) is 7.44. The van der Waals surface area contributed by atoms with Gasteiger partial charge in [-0.25, -0.2) is 0 Å². The Bertz CT molecular complexity index is 192. The smallest absolute Gasteiger partial charge is 0.0866 e. The van der Waals surface area contributed by atoms with Gasteiger partial charge in [0.05, 0.1) is 12.6 Å². The van der Waals surface area contributed by atoms with Crippen LogP contribution in [0.1, 0.15) is 26.7 Å². The third-order valence-electron chi connectivity index (χ3n) is 1.56. The normalized spacial score (nSPS) is 8.83. The van der Waals surface area contributed by atoms with Gasteiger partial charge in [-0.3, -0.25) is 4.90 Å². The molecule has 66 valence electrons. The highest BCUT2D eigenvalue weighted by atomic mass is 15.1.